The summed E-state index contributed by atoms with van der Waals surface area (Å²) in [6, 6.07) is 7.99. The number of para-hydroxylation sites is 1. The summed E-state index contributed by atoms with van der Waals surface area (Å²) in [5, 5.41) is 12.5. The van der Waals surface area contributed by atoms with Crippen LogP contribution in [0.15, 0.2) is 36.5 Å². The van der Waals surface area contributed by atoms with Crippen LogP contribution in [0.4, 0.5) is 0 Å². The molecule has 5 heteroatoms. The number of benzene rings is 1. The molecular formula is C15H16N2O3. The van der Waals surface area contributed by atoms with Crippen molar-refractivity contribution in [3.63, 3.8) is 0 Å². The number of carboxylic acid groups (broad SMARTS) is 1. The fourth-order valence-electron chi connectivity index (χ4n) is 2.02. The molecule has 0 saturated carbocycles. The van der Waals surface area contributed by atoms with Gasteiger partial charge >= 0.3 is 5.97 Å². The highest BCUT2D eigenvalue weighted by Crippen LogP contribution is 2.16. The van der Waals surface area contributed by atoms with E-state index in [1.54, 1.807) is 38.2 Å². The third-order valence-electron chi connectivity index (χ3n) is 3.10. The predicted molar refractivity (Wildman–Crippen MR) is 75.5 cm³/mol. The van der Waals surface area contributed by atoms with Crippen LogP contribution >= 0.6 is 0 Å². The molecule has 0 bridgehead atoms. The van der Waals surface area contributed by atoms with E-state index in [-0.39, 0.29) is 5.92 Å². The number of hydrogen-bond acceptors (Lipinski definition) is 3. The Morgan fingerprint density at radius 2 is 1.90 bits per heavy atom. The molecule has 0 aliphatic carbocycles. The van der Waals surface area contributed by atoms with E-state index in [0.717, 1.165) is 5.39 Å². The molecule has 1 aromatic carbocycles. The highest BCUT2D eigenvalue weighted by molar-refractivity contribution is 6.06. The van der Waals surface area contributed by atoms with Crippen LogP contribution in [0.5, 0.6) is 0 Å². The molecule has 104 valence electrons. The predicted octanol–water partition coefficient (Wildman–Crippen LogP) is 2.07. The summed E-state index contributed by atoms with van der Waals surface area (Å²) in [5.41, 5.74) is 0.954. The molecule has 2 N–H and O–H groups in total. The molecule has 20 heavy (non-hydrogen) atoms. The number of aliphatic carboxylic acids is 1. The summed E-state index contributed by atoms with van der Waals surface area (Å²) in [5.74, 6) is -1.66. The molecule has 0 radical (unpaired) electrons. The first-order chi connectivity index (χ1) is 9.50. The van der Waals surface area contributed by atoms with Gasteiger partial charge in [0.05, 0.1) is 11.1 Å². The molecule has 0 aliphatic rings. The van der Waals surface area contributed by atoms with Crippen LogP contribution in [0.1, 0.15) is 24.2 Å². The number of rotatable bonds is 4. The maximum atomic E-state index is 12.3. The minimum atomic E-state index is -1.04. The second kappa shape index (κ2) is 5.69. The van der Waals surface area contributed by atoms with E-state index in [2.05, 4.69) is 10.3 Å². The van der Waals surface area contributed by atoms with Crippen molar-refractivity contribution in [3.8, 4) is 0 Å². The first kappa shape index (κ1) is 14.0. The van der Waals surface area contributed by atoms with Crippen molar-refractivity contribution >= 4 is 22.8 Å². The molecule has 1 atom stereocenters. The largest absolute Gasteiger partial charge is 0.480 e. The maximum absolute atomic E-state index is 12.3. The van der Waals surface area contributed by atoms with Gasteiger partial charge in [0, 0.05) is 11.6 Å². The van der Waals surface area contributed by atoms with Gasteiger partial charge in [0.25, 0.3) is 5.91 Å². The Hall–Kier alpha value is -2.43. The number of carboxylic acids is 1. The van der Waals surface area contributed by atoms with Gasteiger partial charge in [0.2, 0.25) is 0 Å². The van der Waals surface area contributed by atoms with Crippen LogP contribution in [0.25, 0.3) is 10.9 Å². The fraction of sp³-hybridized carbons (Fsp3) is 0.267. The average molecular weight is 272 g/mol. The topological polar surface area (TPSA) is 79.3 Å². The number of hydrogen-bond donors (Lipinski definition) is 2. The first-order valence-electron chi connectivity index (χ1n) is 6.38. The molecule has 0 saturated heterocycles. The number of carbonyl (C=O) groups excluding carboxylic acids is 1. The van der Waals surface area contributed by atoms with Crippen LogP contribution in [0, 0.1) is 5.92 Å². The monoisotopic (exact) mass is 272 g/mol. The van der Waals surface area contributed by atoms with Gasteiger partial charge in [0.1, 0.15) is 6.04 Å². The number of fused-ring (bicyclic) bond motifs is 1. The lowest BCUT2D eigenvalue weighted by Crippen LogP contribution is -2.44. The fourth-order valence-corrected chi connectivity index (χ4v) is 2.02. The highest BCUT2D eigenvalue weighted by atomic mass is 16.4. The quantitative estimate of drug-likeness (QED) is 0.893. The molecule has 5 nitrogen and oxygen atoms in total. The zero-order valence-corrected chi connectivity index (χ0v) is 11.3. The van der Waals surface area contributed by atoms with Crippen molar-refractivity contribution in [1.29, 1.82) is 0 Å². The van der Waals surface area contributed by atoms with Gasteiger partial charge in [-0.2, -0.15) is 0 Å². The third kappa shape index (κ3) is 2.77. The van der Waals surface area contributed by atoms with Crippen LogP contribution < -0.4 is 5.32 Å². The molecule has 0 aliphatic heterocycles. The lowest BCUT2D eigenvalue weighted by molar-refractivity contribution is -0.140. The minimum absolute atomic E-state index is 0.195. The Balaban J connectivity index is 2.34. The van der Waals surface area contributed by atoms with E-state index in [1.807, 2.05) is 12.1 Å². The van der Waals surface area contributed by atoms with E-state index in [1.165, 1.54) is 0 Å². The Morgan fingerprint density at radius 1 is 1.20 bits per heavy atom. The summed E-state index contributed by atoms with van der Waals surface area (Å²) in [4.78, 5) is 27.6. The highest BCUT2D eigenvalue weighted by Gasteiger charge is 2.24. The molecule has 1 heterocycles. The Bertz CT molecular complexity index is 647. The summed E-state index contributed by atoms with van der Waals surface area (Å²) in [7, 11) is 0. The average Bonchev–Trinajstić information content (AvgIpc) is 2.43. The number of pyridine rings is 1. The Labute approximate surface area is 116 Å². The number of aromatic nitrogens is 1. The standard InChI is InChI=1S/C15H16N2O3/c1-9(2)12(15(19)20)17-14(18)11-7-3-5-10-6-4-8-16-13(10)11/h3-9,12H,1-2H3,(H,17,18)(H,19,20)/t12-/m1/s1. The number of nitrogens with one attached hydrogen (secondary N) is 1. The number of nitrogens with zero attached hydrogens (tertiary/aromatic N) is 1. The van der Waals surface area contributed by atoms with Gasteiger partial charge in [-0.1, -0.05) is 32.0 Å². The van der Waals surface area contributed by atoms with E-state index < -0.39 is 17.9 Å². The van der Waals surface area contributed by atoms with Crippen molar-refractivity contribution in [2.24, 2.45) is 5.92 Å². The van der Waals surface area contributed by atoms with Gasteiger partial charge in [-0.3, -0.25) is 9.78 Å². The SMILES string of the molecule is CC(C)[C@@H](NC(=O)c1cccc2cccnc12)C(=O)O. The maximum Gasteiger partial charge on any atom is 0.326 e. The van der Waals surface area contributed by atoms with Crippen molar-refractivity contribution < 1.29 is 14.7 Å². The van der Waals surface area contributed by atoms with Gasteiger partial charge in [-0.15, -0.1) is 0 Å². The van der Waals surface area contributed by atoms with Crippen LogP contribution in [-0.4, -0.2) is 28.0 Å². The molecule has 2 rings (SSSR count). The first-order valence-corrected chi connectivity index (χ1v) is 6.38. The summed E-state index contributed by atoms with van der Waals surface area (Å²) < 4.78 is 0. The molecule has 1 amide bonds. The Kier molecular flexibility index (Phi) is 3.98. The summed E-state index contributed by atoms with van der Waals surface area (Å²) >= 11 is 0. The zero-order chi connectivity index (χ0) is 14.7. The van der Waals surface area contributed by atoms with Gasteiger partial charge in [-0.05, 0) is 18.1 Å². The molecular weight excluding hydrogens is 256 g/mol. The molecule has 2 aromatic rings. The van der Waals surface area contributed by atoms with Gasteiger partial charge < -0.3 is 10.4 Å². The van der Waals surface area contributed by atoms with Gasteiger partial charge in [0.15, 0.2) is 0 Å². The van der Waals surface area contributed by atoms with E-state index in [9.17, 15) is 9.59 Å². The normalized spacial score (nSPS) is 12.3. The minimum Gasteiger partial charge on any atom is -0.480 e. The molecule has 0 fully saturated rings. The molecule has 1 aromatic heterocycles. The smallest absolute Gasteiger partial charge is 0.326 e. The zero-order valence-electron chi connectivity index (χ0n) is 11.3. The Morgan fingerprint density at radius 3 is 2.55 bits per heavy atom. The number of amides is 1. The molecule has 0 spiro atoms. The number of carbonyl (C=O) groups is 2. The summed E-state index contributed by atoms with van der Waals surface area (Å²) in [6.45, 7) is 3.50. The summed E-state index contributed by atoms with van der Waals surface area (Å²) in [6.07, 6.45) is 1.61. The lowest BCUT2D eigenvalue weighted by atomic mass is 10.0. The second-order valence-electron chi connectivity index (χ2n) is 4.91. The van der Waals surface area contributed by atoms with Crippen molar-refractivity contribution in [2.75, 3.05) is 0 Å². The van der Waals surface area contributed by atoms with Crippen molar-refractivity contribution in [1.82, 2.24) is 10.3 Å². The lowest BCUT2D eigenvalue weighted by Gasteiger charge is -2.18. The van der Waals surface area contributed by atoms with E-state index in [0.29, 0.717) is 11.1 Å². The van der Waals surface area contributed by atoms with Crippen LogP contribution in [0.2, 0.25) is 0 Å². The third-order valence-corrected chi connectivity index (χ3v) is 3.10. The molecule has 0 unspecified atom stereocenters. The van der Waals surface area contributed by atoms with Crippen molar-refractivity contribution in [3.05, 3.63) is 42.1 Å². The second-order valence-corrected chi connectivity index (χ2v) is 4.91. The van der Waals surface area contributed by atoms with E-state index >= 15 is 0 Å². The van der Waals surface area contributed by atoms with Gasteiger partial charge in [-0.25, -0.2) is 4.79 Å². The van der Waals surface area contributed by atoms with Crippen LogP contribution in [-0.2, 0) is 4.79 Å². The van der Waals surface area contributed by atoms with E-state index in [4.69, 9.17) is 5.11 Å². The van der Waals surface area contributed by atoms with Crippen LogP contribution in [0.3, 0.4) is 0 Å². The van der Waals surface area contributed by atoms with Crippen molar-refractivity contribution in [2.45, 2.75) is 19.9 Å².